The molecule has 0 aliphatic carbocycles. The largest absolute Gasteiger partial charge is 0.545 e. The number of carboxylic acids is 1. The molecule has 1 N–H and O–H groups in total. The fraction of sp³-hybridized carbons (Fsp3) is 0.0400. The number of hydrogen-bond donors (Lipinski definition) is 1. The Balaban J connectivity index is 1.63. The second-order valence-corrected chi connectivity index (χ2v) is 7.83. The highest BCUT2D eigenvalue weighted by Crippen LogP contribution is 2.28. The predicted molar refractivity (Wildman–Crippen MR) is 122 cm³/mol. The lowest BCUT2D eigenvalue weighted by Gasteiger charge is -2.26. The molecule has 0 bridgehead atoms. The zero-order valence-corrected chi connectivity index (χ0v) is 18.5. The summed E-state index contributed by atoms with van der Waals surface area (Å²) in [6.07, 6.45) is 1.24. The Labute approximate surface area is 203 Å². The minimum absolute atomic E-state index is 0.0211. The van der Waals surface area contributed by atoms with Crippen LogP contribution in [0, 0.1) is 5.82 Å². The van der Waals surface area contributed by atoms with Gasteiger partial charge in [-0.2, -0.15) is 0 Å². The highest BCUT2D eigenvalue weighted by molar-refractivity contribution is 6.39. The molecular formula is C25H15ClFN2O6-. The van der Waals surface area contributed by atoms with Gasteiger partial charge in [0.05, 0.1) is 11.7 Å². The van der Waals surface area contributed by atoms with Crippen LogP contribution in [-0.2, 0) is 16.2 Å². The van der Waals surface area contributed by atoms with Crippen molar-refractivity contribution in [3.63, 3.8) is 0 Å². The van der Waals surface area contributed by atoms with Crippen molar-refractivity contribution in [2.24, 2.45) is 0 Å². The number of halogens is 2. The molecule has 0 aromatic heterocycles. The Hall–Kier alpha value is -4.50. The van der Waals surface area contributed by atoms with E-state index in [4.69, 9.17) is 16.3 Å². The number of hydrogen-bond acceptors (Lipinski definition) is 6. The summed E-state index contributed by atoms with van der Waals surface area (Å²) in [7, 11) is 0. The maximum Gasteiger partial charge on any atom is 0.335 e. The first-order valence-electron chi connectivity index (χ1n) is 10.1. The molecule has 1 saturated heterocycles. The summed E-state index contributed by atoms with van der Waals surface area (Å²) in [5.74, 6) is -3.40. The van der Waals surface area contributed by atoms with Gasteiger partial charge in [0.25, 0.3) is 11.8 Å². The van der Waals surface area contributed by atoms with Crippen molar-refractivity contribution in [3.8, 4) is 5.75 Å². The van der Waals surface area contributed by atoms with Gasteiger partial charge in [0.1, 0.15) is 23.7 Å². The molecule has 8 nitrogen and oxygen atoms in total. The number of barbiturate groups is 1. The van der Waals surface area contributed by atoms with Crippen LogP contribution >= 0.6 is 11.6 Å². The first-order valence-corrected chi connectivity index (χ1v) is 10.5. The van der Waals surface area contributed by atoms with Crippen LogP contribution in [0.25, 0.3) is 6.08 Å². The number of nitrogens with zero attached hydrogens (tertiary/aromatic N) is 1. The van der Waals surface area contributed by atoms with E-state index in [0.29, 0.717) is 10.6 Å². The van der Waals surface area contributed by atoms with Crippen molar-refractivity contribution in [2.75, 3.05) is 4.90 Å². The number of anilines is 1. The summed E-state index contributed by atoms with van der Waals surface area (Å²) < 4.78 is 19.1. The molecule has 1 aliphatic heterocycles. The predicted octanol–water partition coefficient (Wildman–Crippen LogP) is 3.09. The Kier molecular flexibility index (Phi) is 6.61. The van der Waals surface area contributed by atoms with E-state index in [2.05, 4.69) is 5.32 Å². The summed E-state index contributed by atoms with van der Waals surface area (Å²) >= 11 is 6.10. The average Bonchev–Trinajstić information content (AvgIpc) is 2.82. The minimum Gasteiger partial charge on any atom is -0.545 e. The third kappa shape index (κ3) is 5.20. The molecule has 4 amide bonds. The molecule has 176 valence electrons. The highest BCUT2D eigenvalue weighted by Gasteiger charge is 2.37. The molecular weight excluding hydrogens is 479 g/mol. The highest BCUT2D eigenvalue weighted by atomic mass is 35.5. The number of aromatic carboxylic acids is 1. The molecule has 0 radical (unpaired) electrons. The summed E-state index contributed by atoms with van der Waals surface area (Å²) in [5.41, 5.74) is 0.681. The molecule has 4 rings (SSSR count). The lowest BCUT2D eigenvalue weighted by molar-refractivity contribution is -0.255. The van der Waals surface area contributed by atoms with Gasteiger partial charge in [0.15, 0.2) is 0 Å². The first kappa shape index (κ1) is 23.7. The van der Waals surface area contributed by atoms with Gasteiger partial charge >= 0.3 is 6.03 Å². The van der Waals surface area contributed by atoms with E-state index in [1.807, 2.05) is 0 Å². The second-order valence-electron chi connectivity index (χ2n) is 7.39. The van der Waals surface area contributed by atoms with Crippen molar-refractivity contribution < 1.29 is 33.4 Å². The SMILES string of the molecule is O=C1NC(=O)N(c2ccc(F)cc2)C(=O)/C1=C\c1cc(Cl)ccc1OCc1ccc(C(=O)[O-])cc1. The van der Waals surface area contributed by atoms with E-state index in [1.54, 1.807) is 24.3 Å². The van der Waals surface area contributed by atoms with Crippen molar-refractivity contribution in [3.05, 3.63) is 99.8 Å². The van der Waals surface area contributed by atoms with Gasteiger partial charge in [-0.15, -0.1) is 0 Å². The molecule has 1 fully saturated rings. The minimum atomic E-state index is -1.30. The van der Waals surface area contributed by atoms with Crippen LogP contribution in [-0.4, -0.2) is 23.8 Å². The number of carbonyl (C=O) groups is 4. The lowest BCUT2D eigenvalue weighted by Crippen LogP contribution is -2.54. The van der Waals surface area contributed by atoms with Crippen molar-refractivity contribution in [2.45, 2.75) is 6.61 Å². The molecule has 10 heteroatoms. The van der Waals surface area contributed by atoms with E-state index in [-0.39, 0.29) is 34.7 Å². The van der Waals surface area contributed by atoms with Crippen LogP contribution in [0.15, 0.2) is 72.3 Å². The van der Waals surface area contributed by atoms with Gasteiger partial charge < -0.3 is 14.6 Å². The smallest absolute Gasteiger partial charge is 0.335 e. The first-order chi connectivity index (χ1) is 16.7. The van der Waals surface area contributed by atoms with Crippen molar-refractivity contribution in [1.82, 2.24) is 5.32 Å². The zero-order chi connectivity index (χ0) is 25.1. The Morgan fingerprint density at radius 2 is 1.71 bits per heavy atom. The topological polar surface area (TPSA) is 116 Å². The molecule has 0 atom stereocenters. The standard InChI is InChI=1S/C25H16ClFN2O6/c26-17-5-10-21(35-13-14-1-3-15(4-2-14)24(32)33)16(11-17)12-20-22(30)28-25(34)29(23(20)31)19-8-6-18(27)7-9-19/h1-12H,13H2,(H,32,33)(H,28,30,34)/p-1/b20-12-. The molecule has 35 heavy (non-hydrogen) atoms. The number of carbonyl (C=O) groups excluding carboxylic acids is 4. The van der Waals surface area contributed by atoms with Crippen molar-refractivity contribution in [1.29, 1.82) is 0 Å². The van der Waals surface area contributed by atoms with Gasteiger partial charge in [-0.05, 0) is 59.7 Å². The van der Waals surface area contributed by atoms with Crippen LogP contribution in [0.3, 0.4) is 0 Å². The molecule has 1 heterocycles. The number of amides is 4. The molecule has 0 unspecified atom stereocenters. The Bertz CT molecular complexity index is 1370. The summed E-state index contributed by atoms with van der Waals surface area (Å²) in [5, 5.41) is 13.3. The van der Waals surface area contributed by atoms with Crippen LogP contribution in [0.2, 0.25) is 5.02 Å². The van der Waals surface area contributed by atoms with Gasteiger partial charge in [-0.25, -0.2) is 14.1 Å². The van der Waals surface area contributed by atoms with Crippen LogP contribution < -0.4 is 20.1 Å². The third-order valence-electron chi connectivity index (χ3n) is 5.04. The third-order valence-corrected chi connectivity index (χ3v) is 5.28. The maximum absolute atomic E-state index is 13.3. The maximum atomic E-state index is 13.3. The normalized spacial score (nSPS) is 14.7. The number of imide groups is 2. The number of urea groups is 1. The van der Waals surface area contributed by atoms with Crippen LogP contribution in [0.4, 0.5) is 14.9 Å². The molecule has 1 aliphatic rings. The van der Waals surface area contributed by atoms with E-state index >= 15 is 0 Å². The molecule has 0 saturated carbocycles. The lowest BCUT2D eigenvalue weighted by atomic mass is 10.1. The Morgan fingerprint density at radius 3 is 2.37 bits per heavy atom. The number of rotatable bonds is 6. The van der Waals surface area contributed by atoms with Crippen LogP contribution in [0.1, 0.15) is 21.5 Å². The Morgan fingerprint density at radius 1 is 1.03 bits per heavy atom. The van der Waals surface area contributed by atoms with Gasteiger partial charge in [0.2, 0.25) is 0 Å². The second kappa shape index (κ2) is 9.78. The molecule has 3 aromatic carbocycles. The summed E-state index contributed by atoms with van der Waals surface area (Å²) in [6.45, 7) is 0.0471. The van der Waals surface area contributed by atoms with Gasteiger partial charge in [-0.3, -0.25) is 14.9 Å². The van der Waals surface area contributed by atoms with E-state index < -0.39 is 29.6 Å². The van der Waals surface area contributed by atoms with Crippen LogP contribution in [0.5, 0.6) is 5.75 Å². The molecule has 0 spiro atoms. The van der Waals surface area contributed by atoms with Crippen molar-refractivity contribution >= 4 is 47.2 Å². The van der Waals surface area contributed by atoms with E-state index in [9.17, 15) is 28.7 Å². The zero-order valence-electron chi connectivity index (χ0n) is 17.8. The average molecular weight is 494 g/mol. The van der Waals surface area contributed by atoms with E-state index in [1.165, 1.54) is 36.4 Å². The van der Waals surface area contributed by atoms with Gasteiger partial charge in [-0.1, -0.05) is 35.9 Å². The number of ether oxygens (including phenoxy) is 1. The summed E-state index contributed by atoms with van der Waals surface area (Å²) in [6, 6.07) is 14.1. The quantitative estimate of drug-likeness (QED) is 0.417. The molecule has 3 aromatic rings. The van der Waals surface area contributed by atoms with E-state index in [0.717, 1.165) is 17.0 Å². The number of nitrogens with one attached hydrogen (secondary N) is 1. The summed E-state index contributed by atoms with van der Waals surface area (Å²) in [4.78, 5) is 49.5. The number of carboxylic acid groups (broad SMARTS) is 1. The fourth-order valence-corrected chi connectivity index (χ4v) is 3.48. The number of benzene rings is 3. The fourth-order valence-electron chi connectivity index (χ4n) is 3.30. The monoisotopic (exact) mass is 493 g/mol. The van der Waals surface area contributed by atoms with Gasteiger partial charge in [0, 0.05) is 10.6 Å².